The Morgan fingerprint density at radius 1 is 0.719 bits per heavy atom. The summed E-state index contributed by atoms with van der Waals surface area (Å²) in [5.74, 6) is -0.633. The highest BCUT2D eigenvalue weighted by atomic mass is 127. The molecular weight excluding hydrogens is 1160 g/mol. The number of hydrogen-bond donors (Lipinski definition) is 1. The third-order valence-electron chi connectivity index (χ3n) is 19.0. The average Bonchev–Trinajstić information content (AvgIpc) is 4.01. The quantitative estimate of drug-likeness (QED) is 0.0923. The lowest BCUT2D eigenvalue weighted by Crippen LogP contribution is -2.62. The molecule has 14 heteroatoms. The molecule has 354 valence electrons. The van der Waals surface area contributed by atoms with Crippen LogP contribution in [0, 0.1) is 63.1 Å². The largest absolute Gasteiger partial charge is 0.469 e. The van der Waals surface area contributed by atoms with Crippen molar-refractivity contribution in [1.82, 2.24) is 0 Å². The molecule has 0 radical (unpaired) electrons. The van der Waals surface area contributed by atoms with E-state index in [1.54, 1.807) is 12.2 Å². The molecule has 1 N–H and O–H groups in total. The Hall–Kier alpha value is -1.41. The lowest BCUT2D eigenvalue weighted by molar-refractivity contribution is -0.197. The van der Waals surface area contributed by atoms with Gasteiger partial charge in [-0.1, -0.05) is 118 Å². The minimum atomic E-state index is -0.611. The molecule has 5 saturated carbocycles. The number of methoxy groups -OCH3 is 2. The fourth-order valence-electron chi connectivity index (χ4n) is 15.9. The molecule has 10 aliphatic rings. The number of fused-ring (bicyclic) bond motifs is 12. The number of allylic oxidation sites excluding steroid dienone is 5. The minimum absolute atomic E-state index is 0.0415. The van der Waals surface area contributed by atoms with Gasteiger partial charge < -0.3 is 24.1 Å². The van der Waals surface area contributed by atoms with E-state index in [9.17, 15) is 33.9 Å². The van der Waals surface area contributed by atoms with Gasteiger partial charge in [0.2, 0.25) is 0 Å². The van der Waals surface area contributed by atoms with Gasteiger partial charge in [-0.25, -0.2) is 0 Å². The van der Waals surface area contributed by atoms with Gasteiger partial charge in [-0.3, -0.25) is 28.8 Å². The summed E-state index contributed by atoms with van der Waals surface area (Å²) in [4.78, 5) is 76.2. The van der Waals surface area contributed by atoms with Crippen molar-refractivity contribution in [1.29, 1.82) is 0 Å². The molecule has 7 fully saturated rings. The van der Waals surface area contributed by atoms with E-state index in [1.165, 1.54) is 22.2 Å². The molecule has 8 aliphatic carbocycles. The lowest BCUT2D eigenvalue weighted by Gasteiger charge is -2.62. The number of rotatable bonds is 2. The maximum atomic E-state index is 12.9. The number of ether oxygens (including phenoxy) is 4. The zero-order chi connectivity index (χ0) is 46.8. The smallest absolute Gasteiger partial charge is 0.309 e. The van der Waals surface area contributed by atoms with E-state index in [4.69, 9.17) is 18.9 Å². The molecule has 64 heavy (non-hydrogen) atoms. The van der Waals surface area contributed by atoms with Crippen LogP contribution in [-0.4, -0.2) is 79.4 Å². The van der Waals surface area contributed by atoms with Crippen molar-refractivity contribution in [2.75, 3.05) is 21.6 Å². The SMILES string of the molecule is CI.COC(=O)[C@@H]1CC2=CC(=O)CC[C@]2(C)C2=CC[C@@]3(C)C(CC[C@@]34CCC(=O)O4)C21.COC(=O)[C@@H]1CC2=CC(=O)CC[C@]2(C)C2C1C1CC[C@@]3(CCC(=O)O3)[C@@]1(C)C[C@H]2O.ICI. The topological polar surface area (TPSA) is 160 Å². The first-order valence-electron chi connectivity index (χ1n) is 23.3. The molecular formula is C50H67I3O11. The average molecular weight is 1220 g/mol. The van der Waals surface area contributed by atoms with Gasteiger partial charge in [0.25, 0.3) is 0 Å². The third-order valence-corrected chi connectivity index (χ3v) is 19.0. The zero-order valence-electron chi connectivity index (χ0n) is 38.5. The normalized spacial score (nSPS) is 44.4. The van der Waals surface area contributed by atoms with Gasteiger partial charge in [-0.05, 0) is 129 Å². The first-order chi connectivity index (χ1) is 30.3. The number of carbonyl (C=O) groups excluding carboxylic acids is 6. The highest BCUT2D eigenvalue weighted by Gasteiger charge is 2.71. The number of aliphatic hydroxyl groups is 1. The van der Waals surface area contributed by atoms with Crippen LogP contribution in [0.2, 0.25) is 0 Å². The third kappa shape index (κ3) is 7.85. The van der Waals surface area contributed by atoms with Gasteiger partial charge >= 0.3 is 23.9 Å². The number of ketones is 2. The summed E-state index contributed by atoms with van der Waals surface area (Å²) in [6.45, 7) is 8.85. The monoisotopic (exact) mass is 1220 g/mol. The minimum Gasteiger partial charge on any atom is -0.469 e. The summed E-state index contributed by atoms with van der Waals surface area (Å²) in [5, 5.41) is 11.6. The second kappa shape index (κ2) is 18.8. The number of alkyl halides is 3. The summed E-state index contributed by atoms with van der Waals surface area (Å²) in [6.07, 6.45) is 16.3. The van der Waals surface area contributed by atoms with E-state index in [1.807, 2.05) is 4.93 Å². The van der Waals surface area contributed by atoms with Crippen LogP contribution in [0.5, 0.6) is 0 Å². The summed E-state index contributed by atoms with van der Waals surface area (Å²) in [7, 11) is 2.87. The van der Waals surface area contributed by atoms with E-state index in [2.05, 4.69) is 102 Å². The zero-order valence-corrected chi connectivity index (χ0v) is 45.0. The molecule has 11 nitrogen and oxygen atoms in total. The van der Waals surface area contributed by atoms with Crippen LogP contribution in [0.4, 0.5) is 0 Å². The summed E-state index contributed by atoms with van der Waals surface area (Å²) >= 11 is 6.70. The van der Waals surface area contributed by atoms with Crippen molar-refractivity contribution in [2.45, 2.75) is 148 Å². The molecule has 0 aromatic carbocycles. The number of aliphatic hydroxyl groups excluding tert-OH is 1. The molecule has 0 bridgehead atoms. The Balaban J connectivity index is 0.000000174. The Kier molecular flexibility index (Phi) is 14.8. The Morgan fingerprint density at radius 3 is 1.80 bits per heavy atom. The maximum Gasteiger partial charge on any atom is 0.309 e. The summed E-state index contributed by atoms with van der Waals surface area (Å²) in [6, 6.07) is 0. The van der Waals surface area contributed by atoms with Crippen molar-refractivity contribution >= 4 is 103 Å². The van der Waals surface area contributed by atoms with E-state index in [-0.39, 0.29) is 98.5 Å². The first-order valence-corrected chi connectivity index (χ1v) is 28.5. The van der Waals surface area contributed by atoms with Crippen molar-refractivity contribution in [3.8, 4) is 0 Å². The molecule has 2 heterocycles. The standard InChI is InChI=1S/C24H32O6.C24H30O5.CH2I2.CH3I/c1-22-7-4-14(25)10-13(22)11-15(21(28)29-3)19-16-5-8-24(9-6-18(27)30-24)23(16,2)12-17(26)20(19)22;1-22-8-4-15(25)12-14(22)13-16(21(27)28-3)20-17(22)5-9-23(2)18(20)6-10-24(23)11-7-19(26)29-24;2-1-3;1-2/h10,15-17,19-20,26H,4-9,11-12H2,1-3H3;5,12,16,18,20H,4,6-11,13H2,1-3H3;1H2;1H3/t15-,16?,17-,19?,20?,22+,23+,24-;16-,18?,20?,22+,23+,24-;;/m11../s1. The Morgan fingerprint density at radius 2 is 1.23 bits per heavy atom. The maximum absolute atomic E-state index is 12.9. The molecule has 0 amide bonds. The number of halogens is 3. The fraction of sp³-hybridized carbons (Fsp3) is 0.760. The van der Waals surface area contributed by atoms with Gasteiger partial charge in [0, 0.05) is 41.9 Å². The van der Waals surface area contributed by atoms with Crippen LogP contribution in [-0.2, 0) is 47.7 Å². The van der Waals surface area contributed by atoms with Crippen LogP contribution in [0.3, 0.4) is 0 Å². The molecule has 2 spiro atoms. The van der Waals surface area contributed by atoms with Gasteiger partial charge in [0.05, 0.1) is 34.6 Å². The van der Waals surface area contributed by atoms with Crippen LogP contribution < -0.4 is 0 Å². The van der Waals surface area contributed by atoms with Crippen LogP contribution in [0.15, 0.2) is 34.9 Å². The molecule has 0 aromatic heterocycles. The number of hydrogen-bond acceptors (Lipinski definition) is 11. The predicted molar refractivity (Wildman–Crippen MR) is 266 cm³/mol. The van der Waals surface area contributed by atoms with Crippen molar-refractivity contribution in [3.05, 3.63) is 34.9 Å². The molecule has 0 aromatic rings. The van der Waals surface area contributed by atoms with Gasteiger partial charge in [0.15, 0.2) is 11.6 Å². The van der Waals surface area contributed by atoms with E-state index in [0.717, 1.165) is 56.1 Å². The van der Waals surface area contributed by atoms with Crippen LogP contribution in [0.1, 0.15) is 130 Å². The molecule has 2 saturated heterocycles. The number of esters is 4. The van der Waals surface area contributed by atoms with E-state index < -0.39 is 17.3 Å². The molecule has 10 rings (SSSR count). The fourth-order valence-corrected chi connectivity index (χ4v) is 15.9. The first kappa shape index (κ1) is 50.5. The van der Waals surface area contributed by atoms with Crippen molar-refractivity contribution in [3.63, 3.8) is 0 Å². The van der Waals surface area contributed by atoms with Crippen LogP contribution >= 0.6 is 67.8 Å². The number of carbonyl (C=O) groups is 6. The second-order valence-electron chi connectivity index (χ2n) is 21.1. The van der Waals surface area contributed by atoms with Gasteiger partial charge in [-0.2, -0.15) is 0 Å². The summed E-state index contributed by atoms with van der Waals surface area (Å²) in [5.41, 5.74) is 1.56. The van der Waals surface area contributed by atoms with Gasteiger partial charge in [-0.15, -0.1) is 0 Å². The lowest BCUT2D eigenvalue weighted by atomic mass is 9.43. The van der Waals surface area contributed by atoms with Crippen LogP contribution in [0.25, 0.3) is 0 Å². The molecule has 2 aliphatic heterocycles. The van der Waals surface area contributed by atoms with E-state index >= 15 is 0 Å². The predicted octanol–water partition coefficient (Wildman–Crippen LogP) is 9.74. The highest BCUT2D eigenvalue weighted by Crippen LogP contribution is 2.72. The Labute approximate surface area is 420 Å². The second-order valence-corrected chi connectivity index (χ2v) is 25.6. The van der Waals surface area contributed by atoms with E-state index in [0.29, 0.717) is 57.8 Å². The highest BCUT2D eigenvalue weighted by molar-refractivity contribution is 14.2. The van der Waals surface area contributed by atoms with Crippen molar-refractivity contribution < 1.29 is 52.8 Å². The Bertz CT molecular complexity index is 2030. The molecule has 14 atom stereocenters. The van der Waals surface area contributed by atoms with Crippen molar-refractivity contribution in [2.24, 2.45) is 63.1 Å². The van der Waals surface area contributed by atoms with Gasteiger partial charge in [0.1, 0.15) is 11.2 Å². The molecule has 5 unspecified atom stereocenters. The summed E-state index contributed by atoms with van der Waals surface area (Å²) < 4.78 is 23.6.